The first kappa shape index (κ1) is 20.6. The number of carbonyl (C=O) groups excluding carboxylic acids is 1. The van der Waals surface area contributed by atoms with Crippen LogP contribution in [0.5, 0.6) is 5.75 Å². The predicted molar refractivity (Wildman–Crippen MR) is 112 cm³/mol. The van der Waals surface area contributed by atoms with Gasteiger partial charge in [0.15, 0.2) is 0 Å². The maximum atomic E-state index is 11.9. The van der Waals surface area contributed by atoms with Crippen molar-refractivity contribution in [3.63, 3.8) is 0 Å². The third-order valence-electron chi connectivity index (χ3n) is 4.77. The molecule has 0 amide bonds. The molecule has 5 heteroatoms. The van der Waals surface area contributed by atoms with E-state index in [2.05, 4.69) is 46.0 Å². The second-order valence-electron chi connectivity index (χ2n) is 7.79. The van der Waals surface area contributed by atoms with Gasteiger partial charge < -0.3 is 9.16 Å². The van der Waals surface area contributed by atoms with Crippen LogP contribution in [0.3, 0.4) is 0 Å². The smallest absolute Gasteiger partial charge is 0.337 e. The standard InChI is InChI=1S/C21H28O3SSi/c1-21(2,3)26(5,6)24-18-13-12-17(20(22)23-4)14-19(18)25-15-16-10-8-7-9-11-16/h7-14H,15H2,1-6H3. The molecule has 2 aromatic carbocycles. The highest BCUT2D eigenvalue weighted by Gasteiger charge is 2.39. The molecule has 0 N–H and O–H groups in total. The number of esters is 1. The van der Waals surface area contributed by atoms with Gasteiger partial charge in [0, 0.05) is 10.6 Å². The van der Waals surface area contributed by atoms with Crippen molar-refractivity contribution in [3.8, 4) is 5.75 Å². The summed E-state index contributed by atoms with van der Waals surface area (Å²) in [6.45, 7) is 11.1. The van der Waals surface area contributed by atoms with Crippen LogP contribution in [0.15, 0.2) is 53.4 Å². The van der Waals surface area contributed by atoms with E-state index in [-0.39, 0.29) is 11.0 Å². The van der Waals surface area contributed by atoms with Crippen LogP contribution in [-0.2, 0) is 10.5 Å². The van der Waals surface area contributed by atoms with E-state index in [1.165, 1.54) is 12.7 Å². The normalized spacial score (nSPS) is 11.9. The Morgan fingerprint density at radius 2 is 1.73 bits per heavy atom. The van der Waals surface area contributed by atoms with Crippen molar-refractivity contribution in [1.29, 1.82) is 0 Å². The molecule has 26 heavy (non-hydrogen) atoms. The number of thioether (sulfide) groups is 1. The van der Waals surface area contributed by atoms with Gasteiger partial charge in [-0.3, -0.25) is 0 Å². The Balaban J connectivity index is 2.32. The van der Waals surface area contributed by atoms with Crippen molar-refractivity contribution in [3.05, 3.63) is 59.7 Å². The Hall–Kier alpha value is -1.72. The maximum Gasteiger partial charge on any atom is 0.337 e. The van der Waals surface area contributed by atoms with E-state index in [9.17, 15) is 4.79 Å². The molecular weight excluding hydrogens is 360 g/mol. The van der Waals surface area contributed by atoms with Gasteiger partial charge >= 0.3 is 5.97 Å². The van der Waals surface area contributed by atoms with Crippen molar-refractivity contribution in [2.24, 2.45) is 0 Å². The summed E-state index contributed by atoms with van der Waals surface area (Å²) in [5, 5.41) is 0.107. The first-order valence-corrected chi connectivity index (χ1v) is 12.6. The molecule has 0 aliphatic carbocycles. The molecule has 140 valence electrons. The number of ether oxygens (including phenoxy) is 1. The molecular formula is C21H28O3SSi. The molecule has 0 bridgehead atoms. The van der Waals surface area contributed by atoms with Crippen LogP contribution >= 0.6 is 11.8 Å². The molecule has 0 spiro atoms. The molecule has 0 fully saturated rings. The van der Waals surface area contributed by atoms with E-state index in [1.807, 2.05) is 30.3 Å². The van der Waals surface area contributed by atoms with Gasteiger partial charge in [0.2, 0.25) is 0 Å². The summed E-state index contributed by atoms with van der Waals surface area (Å²) in [6.07, 6.45) is 0. The number of hydrogen-bond acceptors (Lipinski definition) is 4. The molecule has 0 unspecified atom stereocenters. The highest BCUT2D eigenvalue weighted by atomic mass is 32.2. The maximum absolute atomic E-state index is 11.9. The van der Waals surface area contributed by atoms with Crippen LogP contribution in [0.1, 0.15) is 36.7 Å². The Kier molecular flexibility index (Phi) is 6.58. The van der Waals surface area contributed by atoms with Gasteiger partial charge in [0.05, 0.1) is 12.7 Å². The van der Waals surface area contributed by atoms with E-state index in [0.717, 1.165) is 16.4 Å². The predicted octanol–water partition coefficient (Wildman–Crippen LogP) is 6.15. The molecule has 0 aromatic heterocycles. The van der Waals surface area contributed by atoms with Crippen LogP contribution < -0.4 is 4.43 Å². The minimum Gasteiger partial charge on any atom is -0.543 e. The molecule has 0 aliphatic heterocycles. The minimum absolute atomic E-state index is 0.107. The molecule has 0 aliphatic rings. The van der Waals surface area contributed by atoms with Gasteiger partial charge in [-0.2, -0.15) is 0 Å². The molecule has 3 nitrogen and oxygen atoms in total. The highest BCUT2D eigenvalue weighted by molar-refractivity contribution is 7.98. The molecule has 2 aromatic rings. The van der Waals surface area contributed by atoms with E-state index >= 15 is 0 Å². The van der Waals surface area contributed by atoms with Crippen molar-refractivity contribution < 1.29 is 14.0 Å². The van der Waals surface area contributed by atoms with Gasteiger partial charge in [-0.1, -0.05) is 51.1 Å². The van der Waals surface area contributed by atoms with Crippen molar-refractivity contribution in [2.75, 3.05) is 7.11 Å². The van der Waals surface area contributed by atoms with Gasteiger partial charge in [0.1, 0.15) is 5.75 Å². The zero-order valence-corrected chi connectivity index (χ0v) is 18.3. The third kappa shape index (κ3) is 5.14. The summed E-state index contributed by atoms with van der Waals surface area (Å²) in [5.74, 6) is 1.34. The fraction of sp³-hybridized carbons (Fsp3) is 0.381. The van der Waals surface area contributed by atoms with Crippen LogP contribution in [0.4, 0.5) is 0 Å². The first-order valence-electron chi connectivity index (χ1n) is 8.72. The second kappa shape index (κ2) is 8.31. The number of rotatable bonds is 6. The van der Waals surface area contributed by atoms with E-state index in [0.29, 0.717) is 5.56 Å². The summed E-state index contributed by atoms with van der Waals surface area (Å²) in [7, 11) is -0.566. The van der Waals surface area contributed by atoms with Crippen molar-refractivity contribution in [2.45, 2.75) is 49.6 Å². The van der Waals surface area contributed by atoms with Crippen LogP contribution in [-0.4, -0.2) is 21.4 Å². The Labute approximate surface area is 162 Å². The molecule has 0 saturated heterocycles. The molecule has 0 atom stereocenters. The number of carbonyl (C=O) groups is 1. The van der Waals surface area contributed by atoms with E-state index in [4.69, 9.17) is 9.16 Å². The third-order valence-corrected chi connectivity index (χ3v) is 10.2. The number of benzene rings is 2. The SMILES string of the molecule is COC(=O)c1ccc(O[Si](C)(C)C(C)(C)C)c(SCc2ccccc2)c1. The Morgan fingerprint density at radius 3 is 2.31 bits per heavy atom. The van der Waals surface area contributed by atoms with Crippen molar-refractivity contribution >= 4 is 26.0 Å². The lowest BCUT2D eigenvalue weighted by Gasteiger charge is -2.37. The summed E-state index contributed by atoms with van der Waals surface area (Å²) in [4.78, 5) is 12.9. The largest absolute Gasteiger partial charge is 0.543 e. The Bertz CT molecular complexity index is 752. The summed E-state index contributed by atoms with van der Waals surface area (Å²) < 4.78 is 11.4. The minimum atomic E-state index is -1.97. The first-order chi connectivity index (χ1) is 12.1. The van der Waals surface area contributed by atoms with Crippen molar-refractivity contribution in [1.82, 2.24) is 0 Å². The molecule has 0 radical (unpaired) electrons. The van der Waals surface area contributed by atoms with E-state index < -0.39 is 8.32 Å². The molecule has 0 saturated carbocycles. The lowest BCUT2D eigenvalue weighted by atomic mass is 10.2. The second-order valence-corrected chi connectivity index (χ2v) is 13.5. The highest BCUT2D eigenvalue weighted by Crippen LogP contribution is 2.41. The average Bonchev–Trinajstić information content (AvgIpc) is 2.59. The summed E-state index contributed by atoms with van der Waals surface area (Å²) in [6, 6.07) is 15.8. The lowest BCUT2D eigenvalue weighted by molar-refractivity contribution is 0.0600. The topological polar surface area (TPSA) is 35.5 Å². The van der Waals surface area contributed by atoms with Crippen LogP contribution in [0.25, 0.3) is 0 Å². The van der Waals surface area contributed by atoms with Gasteiger partial charge in [0.25, 0.3) is 8.32 Å². The van der Waals surface area contributed by atoms with Gasteiger partial charge in [-0.15, -0.1) is 11.8 Å². The molecule has 0 heterocycles. The fourth-order valence-electron chi connectivity index (χ4n) is 2.11. The molecule has 2 rings (SSSR count). The summed E-state index contributed by atoms with van der Waals surface area (Å²) in [5.41, 5.74) is 1.78. The summed E-state index contributed by atoms with van der Waals surface area (Å²) >= 11 is 1.68. The van der Waals surface area contributed by atoms with Crippen LogP contribution in [0, 0.1) is 0 Å². The van der Waals surface area contributed by atoms with Crippen LogP contribution in [0.2, 0.25) is 18.1 Å². The zero-order chi connectivity index (χ0) is 19.4. The van der Waals surface area contributed by atoms with Gasteiger partial charge in [-0.05, 0) is 41.9 Å². The monoisotopic (exact) mass is 388 g/mol. The quantitative estimate of drug-likeness (QED) is 0.338. The number of methoxy groups -OCH3 is 1. The fourth-order valence-corrected chi connectivity index (χ4v) is 4.20. The van der Waals surface area contributed by atoms with Gasteiger partial charge in [-0.25, -0.2) is 4.79 Å². The average molecular weight is 389 g/mol. The lowest BCUT2D eigenvalue weighted by Crippen LogP contribution is -2.44. The van der Waals surface area contributed by atoms with E-state index in [1.54, 1.807) is 17.8 Å². The number of hydrogen-bond donors (Lipinski definition) is 0. The zero-order valence-electron chi connectivity index (χ0n) is 16.5. The Morgan fingerprint density at radius 1 is 1.08 bits per heavy atom.